The second-order valence-electron chi connectivity index (χ2n) is 3.75. The fraction of sp³-hybridized carbons (Fsp3) is 0.778. The molecule has 1 saturated heterocycles. The Morgan fingerprint density at radius 1 is 1.57 bits per heavy atom. The number of nitrogens with zero attached hydrogens (tertiary/aromatic N) is 3. The van der Waals surface area contributed by atoms with Crippen LogP contribution in [0.4, 0.5) is 0 Å². The number of hydrogen-bond acceptors (Lipinski definition) is 5. The van der Waals surface area contributed by atoms with Gasteiger partial charge in [-0.3, -0.25) is 4.90 Å². The molecule has 1 fully saturated rings. The molecule has 1 aliphatic rings. The molecule has 1 unspecified atom stereocenters. The maximum atomic E-state index is 5.43. The van der Waals surface area contributed by atoms with E-state index < -0.39 is 0 Å². The second kappa shape index (κ2) is 4.06. The van der Waals surface area contributed by atoms with Crippen LogP contribution in [-0.4, -0.2) is 28.6 Å². The van der Waals surface area contributed by atoms with Gasteiger partial charge in [0.05, 0.1) is 12.6 Å². The summed E-state index contributed by atoms with van der Waals surface area (Å²) in [5.41, 5.74) is 5.43. The predicted molar refractivity (Wildman–Crippen MR) is 51.4 cm³/mol. The summed E-state index contributed by atoms with van der Waals surface area (Å²) in [4.78, 5) is 6.52. The van der Waals surface area contributed by atoms with Crippen LogP contribution in [0.1, 0.15) is 37.0 Å². The molecule has 5 nitrogen and oxygen atoms in total. The van der Waals surface area contributed by atoms with Crippen LogP contribution in [0, 0.1) is 0 Å². The maximum Gasteiger partial charge on any atom is 0.244 e. The summed E-state index contributed by atoms with van der Waals surface area (Å²) in [6, 6.07) is 0.288. The van der Waals surface area contributed by atoms with Gasteiger partial charge in [0.25, 0.3) is 0 Å². The first-order valence-electron chi connectivity index (χ1n) is 5.04. The minimum Gasteiger partial charge on any atom is -0.338 e. The second-order valence-corrected chi connectivity index (χ2v) is 3.75. The van der Waals surface area contributed by atoms with E-state index in [0.717, 1.165) is 13.0 Å². The molecular weight excluding hydrogens is 180 g/mol. The Morgan fingerprint density at radius 2 is 2.43 bits per heavy atom. The van der Waals surface area contributed by atoms with E-state index in [4.69, 9.17) is 10.3 Å². The van der Waals surface area contributed by atoms with Crippen LogP contribution in [0.2, 0.25) is 0 Å². The Kier molecular flexibility index (Phi) is 2.79. The Balaban J connectivity index is 2.12. The molecule has 0 saturated carbocycles. The molecule has 5 heteroatoms. The van der Waals surface area contributed by atoms with Crippen molar-refractivity contribution >= 4 is 0 Å². The standard InChI is InChI=1S/C9H16N4O/c1-13-5-3-2-4-7(13)9-11-8(6-10)12-14-9/h7H,2-6,10H2,1H3. The molecule has 0 amide bonds. The van der Waals surface area contributed by atoms with Crippen molar-refractivity contribution in [2.75, 3.05) is 13.6 Å². The van der Waals surface area contributed by atoms with E-state index in [0.29, 0.717) is 18.3 Å². The lowest BCUT2D eigenvalue weighted by atomic mass is 10.0. The highest BCUT2D eigenvalue weighted by molar-refractivity contribution is 4.94. The molecule has 0 aliphatic carbocycles. The van der Waals surface area contributed by atoms with Gasteiger partial charge in [-0.2, -0.15) is 4.98 Å². The number of piperidine rings is 1. The molecule has 2 heterocycles. The highest BCUT2D eigenvalue weighted by Gasteiger charge is 2.25. The van der Waals surface area contributed by atoms with Crippen molar-refractivity contribution in [3.05, 3.63) is 11.7 Å². The van der Waals surface area contributed by atoms with E-state index in [1.807, 2.05) is 0 Å². The smallest absolute Gasteiger partial charge is 0.244 e. The van der Waals surface area contributed by atoms with Crippen LogP contribution in [0.15, 0.2) is 4.52 Å². The lowest BCUT2D eigenvalue weighted by Crippen LogP contribution is -2.29. The molecule has 1 atom stereocenters. The molecule has 1 aromatic heterocycles. The normalized spacial score (nSPS) is 24.0. The zero-order chi connectivity index (χ0) is 9.97. The summed E-state index contributed by atoms with van der Waals surface area (Å²) in [5.74, 6) is 1.31. The molecular formula is C9H16N4O. The van der Waals surface area contributed by atoms with Crippen molar-refractivity contribution < 1.29 is 4.52 Å². The van der Waals surface area contributed by atoms with E-state index in [2.05, 4.69) is 22.1 Å². The summed E-state index contributed by atoms with van der Waals surface area (Å²) in [6.07, 6.45) is 3.59. The van der Waals surface area contributed by atoms with E-state index in [9.17, 15) is 0 Å². The minimum atomic E-state index is 0.288. The number of hydrogen-bond donors (Lipinski definition) is 1. The van der Waals surface area contributed by atoms with Gasteiger partial charge in [-0.15, -0.1) is 0 Å². The average Bonchev–Trinajstić information content (AvgIpc) is 2.67. The summed E-state index contributed by atoms with van der Waals surface area (Å²) in [7, 11) is 2.09. The summed E-state index contributed by atoms with van der Waals surface area (Å²) in [6.45, 7) is 1.45. The monoisotopic (exact) mass is 196 g/mol. The molecule has 0 radical (unpaired) electrons. The van der Waals surface area contributed by atoms with Crippen molar-refractivity contribution in [3.8, 4) is 0 Å². The number of rotatable bonds is 2. The summed E-state index contributed by atoms with van der Waals surface area (Å²) in [5, 5.41) is 3.81. The molecule has 1 aliphatic heterocycles. The van der Waals surface area contributed by atoms with Crippen molar-refractivity contribution in [1.82, 2.24) is 15.0 Å². The number of likely N-dealkylation sites (tertiary alicyclic amines) is 1. The SMILES string of the molecule is CN1CCCCC1c1nc(CN)no1. The van der Waals surface area contributed by atoms with Gasteiger partial charge in [0.15, 0.2) is 5.82 Å². The largest absolute Gasteiger partial charge is 0.338 e. The first-order chi connectivity index (χ1) is 6.81. The maximum absolute atomic E-state index is 5.43. The van der Waals surface area contributed by atoms with Crippen LogP contribution in [0.25, 0.3) is 0 Å². The molecule has 14 heavy (non-hydrogen) atoms. The van der Waals surface area contributed by atoms with Gasteiger partial charge in [0.2, 0.25) is 5.89 Å². The van der Waals surface area contributed by atoms with Gasteiger partial charge in [-0.25, -0.2) is 0 Å². The first kappa shape index (κ1) is 9.61. The van der Waals surface area contributed by atoms with Crippen LogP contribution in [0.5, 0.6) is 0 Å². The van der Waals surface area contributed by atoms with Gasteiger partial charge in [0.1, 0.15) is 0 Å². The van der Waals surface area contributed by atoms with Gasteiger partial charge in [0, 0.05) is 0 Å². The zero-order valence-electron chi connectivity index (χ0n) is 8.44. The van der Waals surface area contributed by atoms with Crippen molar-refractivity contribution in [2.24, 2.45) is 5.73 Å². The molecule has 0 spiro atoms. The Hall–Kier alpha value is -0.940. The molecule has 2 rings (SSSR count). The summed E-state index contributed by atoms with van der Waals surface area (Å²) < 4.78 is 5.18. The Bertz CT molecular complexity index is 299. The van der Waals surface area contributed by atoms with Crippen LogP contribution in [-0.2, 0) is 6.54 Å². The summed E-state index contributed by atoms with van der Waals surface area (Å²) >= 11 is 0. The van der Waals surface area contributed by atoms with Crippen LogP contribution in [0.3, 0.4) is 0 Å². The fourth-order valence-corrected chi connectivity index (χ4v) is 1.87. The number of aromatic nitrogens is 2. The van der Waals surface area contributed by atoms with Crippen LogP contribution >= 0.6 is 0 Å². The fourth-order valence-electron chi connectivity index (χ4n) is 1.87. The third-order valence-electron chi connectivity index (χ3n) is 2.72. The third kappa shape index (κ3) is 1.78. The van der Waals surface area contributed by atoms with E-state index in [1.54, 1.807) is 0 Å². The Labute approximate surface area is 83.3 Å². The van der Waals surface area contributed by atoms with E-state index >= 15 is 0 Å². The quantitative estimate of drug-likeness (QED) is 0.753. The van der Waals surface area contributed by atoms with Crippen LogP contribution < -0.4 is 5.73 Å². The predicted octanol–water partition coefficient (Wildman–Crippen LogP) is 0.685. The van der Waals surface area contributed by atoms with Gasteiger partial charge < -0.3 is 10.3 Å². The lowest BCUT2D eigenvalue weighted by Gasteiger charge is -2.29. The van der Waals surface area contributed by atoms with E-state index in [1.165, 1.54) is 12.8 Å². The zero-order valence-corrected chi connectivity index (χ0v) is 8.44. The molecule has 2 N–H and O–H groups in total. The van der Waals surface area contributed by atoms with E-state index in [-0.39, 0.29) is 6.04 Å². The molecule has 78 valence electrons. The molecule has 0 aromatic carbocycles. The average molecular weight is 196 g/mol. The first-order valence-corrected chi connectivity index (χ1v) is 5.04. The van der Waals surface area contributed by atoms with Gasteiger partial charge in [-0.1, -0.05) is 11.6 Å². The minimum absolute atomic E-state index is 0.288. The van der Waals surface area contributed by atoms with Gasteiger partial charge >= 0.3 is 0 Å². The van der Waals surface area contributed by atoms with Crippen molar-refractivity contribution in [1.29, 1.82) is 0 Å². The highest BCUT2D eigenvalue weighted by Crippen LogP contribution is 2.27. The Morgan fingerprint density at radius 3 is 3.07 bits per heavy atom. The molecule has 1 aromatic rings. The topological polar surface area (TPSA) is 68.2 Å². The van der Waals surface area contributed by atoms with Crippen molar-refractivity contribution in [3.63, 3.8) is 0 Å². The third-order valence-corrected chi connectivity index (χ3v) is 2.72. The highest BCUT2D eigenvalue weighted by atomic mass is 16.5. The molecule has 0 bridgehead atoms. The lowest BCUT2D eigenvalue weighted by molar-refractivity contribution is 0.150. The van der Waals surface area contributed by atoms with Crippen molar-refractivity contribution in [2.45, 2.75) is 31.8 Å². The number of nitrogens with two attached hydrogens (primary N) is 1. The van der Waals surface area contributed by atoms with Gasteiger partial charge in [-0.05, 0) is 26.4 Å².